The molecule has 0 radical (unpaired) electrons. The molecule has 0 saturated heterocycles. The molecule has 0 atom stereocenters. The van der Waals surface area contributed by atoms with Gasteiger partial charge in [-0.3, -0.25) is 0 Å². The third-order valence-electron chi connectivity index (χ3n) is 4.55. The first kappa shape index (κ1) is 14.1. The highest BCUT2D eigenvalue weighted by atomic mass is 19.1. The lowest BCUT2D eigenvalue weighted by Crippen LogP contribution is -1.97. The van der Waals surface area contributed by atoms with Crippen molar-refractivity contribution in [1.82, 2.24) is 0 Å². The van der Waals surface area contributed by atoms with E-state index >= 15 is 0 Å². The molecular formula is C21H16F2. The molecule has 0 fully saturated rings. The second kappa shape index (κ2) is 5.62. The minimum atomic E-state index is -0.509. The van der Waals surface area contributed by atoms with Crippen molar-refractivity contribution in [2.45, 2.75) is 19.3 Å². The van der Waals surface area contributed by atoms with Crippen LogP contribution in [0.3, 0.4) is 0 Å². The minimum Gasteiger partial charge on any atom is -0.207 e. The average Bonchev–Trinajstić information content (AvgIpc) is 2.91. The molecular weight excluding hydrogens is 290 g/mol. The maximum atomic E-state index is 13.3. The number of hydrogen-bond acceptors (Lipinski definition) is 0. The van der Waals surface area contributed by atoms with Gasteiger partial charge in [-0.1, -0.05) is 42.5 Å². The summed E-state index contributed by atoms with van der Waals surface area (Å²) in [4.78, 5) is 0. The van der Waals surface area contributed by atoms with Gasteiger partial charge in [0.15, 0.2) is 0 Å². The zero-order valence-electron chi connectivity index (χ0n) is 12.7. The predicted octanol–water partition coefficient (Wildman–Crippen LogP) is 5.32. The van der Waals surface area contributed by atoms with Crippen molar-refractivity contribution in [3.63, 3.8) is 0 Å². The summed E-state index contributed by atoms with van der Waals surface area (Å²) in [5, 5.41) is 0. The fraction of sp³-hybridized carbons (Fsp3) is 0.143. The van der Waals surface area contributed by atoms with E-state index in [4.69, 9.17) is 0 Å². The second-order valence-electron chi connectivity index (χ2n) is 6.05. The number of hydrogen-bond donors (Lipinski definition) is 0. The first-order valence-electron chi connectivity index (χ1n) is 7.85. The van der Waals surface area contributed by atoms with E-state index in [1.54, 1.807) is 0 Å². The van der Waals surface area contributed by atoms with Gasteiger partial charge in [0.2, 0.25) is 0 Å². The molecule has 0 heterocycles. The molecule has 0 aromatic heterocycles. The number of rotatable bonds is 3. The number of halogens is 2. The quantitative estimate of drug-likeness (QED) is 0.480. The Balaban J connectivity index is 1.62. The van der Waals surface area contributed by atoms with E-state index in [-0.39, 0.29) is 0 Å². The Labute approximate surface area is 134 Å². The van der Waals surface area contributed by atoms with Crippen LogP contribution in [0.25, 0.3) is 11.1 Å². The van der Waals surface area contributed by atoms with Crippen LogP contribution in [-0.2, 0) is 19.3 Å². The fourth-order valence-electron chi connectivity index (χ4n) is 3.49. The summed E-state index contributed by atoms with van der Waals surface area (Å²) in [6.45, 7) is 0. The molecule has 2 heteroatoms. The Bertz CT molecular complexity index is 861. The summed E-state index contributed by atoms with van der Waals surface area (Å²) in [7, 11) is 0. The van der Waals surface area contributed by atoms with Crippen LogP contribution in [0.15, 0.2) is 60.7 Å². The highest BCUT2D eigenvalue weighted by Gasteiger charge is 2.20. The van der Waals surface area contributed by atoms with Gasteiger partial charge in [0.1, 0.15) is 11.6 Å². The molecule has 1 aliphatic carbocycles. The Morgan fingerprint density at radius 2 is 1.48 bits per heavy atom. The zero-order chi connectivity index (χ0) is 15.8. The maximum Gasteiger partial charge on any atom is 0.126 e. The number of aryl methyl sites for hydroxylation is 2. The zero-order valence-corrected chi connectivity index (χ0v) is 12.7. The maximum absolute atomic E-state index is 13.3. The standard InChI is InChI=1S/C21H16F2/c22-17-10-14(11-18(23)13-17)8-9-15-5-3-7-20-19-6-2-1-4-16(19)12-21(15)20/h1-7,10-11,13H,8-9,12H2. The molecule has 0 unspecified atom stereocenters. The van der Waals surface area contributed by atoms with Gasteiger partial charge in [0.05, 0.1) is 0 Å². The molecule has 3 aromatic rings. The third-order valence-corrected chi connectivity index (χ3v) is 4.55. The van der Waals surface area contributed by atoms with Crippen molar-refractivity contribution in [3.05, 3.63) is 94.6 Å². The molecule has 4 rings (SSSR count). The van der Waals surface area contributed by atoms with Gasteiger partial charge in [-0.15, -0.1) is 0 Å². The summed E-state index contributed by atoms with van der Waals surface area (Å²) in [5.41, 5.74) is 7.28. The minimum absolute atomic E-state index is 0.509. The van der Waals surface area contributed by atoms with Crippen LogP contribution in [0, 0.1) is 11.6 Å². The molecule has 0 N–H and O–H groups in total. The van der Waals surface area contributed by atoms with Gasteiger partial charge in [0, 0.05) is 6.07 Å². The van der Waals surface area contributed by atoms with E-state index in [1.807, 2.05) is 0 Å². The molecule has 0 aliphatic heterocycles. The first-order valence-corrected chi connectivity index (χ1v) is 7.85. The van der Waals surface area contributed by atoms with Crippen molar-refractivity contribution in [3.8, 4) is 11.1 Å². The molecule has 0 bridgehead atoms. The van der Waals surface area contributed by atoms with E-state index < -0.39 is 11.6 Å². The van der Waals surface area contributed by atoms with Crippen LogP contribution in [-0.4, -0.2) is 0 Å². The third kappa shape index (κ3) is 2.65. The van der Waals surface area contributed by atoms with Crippen molar-refractivity contribution in [1.29, 1.82) is 0 Å². The van der Waals surface area contributed by atoms with E-state index in [1.165, 1.54) is 39.9 Å². The summed E-state index contributed by atoms with van der Waals surface area (Å²) in [6, 6.07) is 18.6. The summed E-state index contributed by atoms with van der Waals surface area (Å²) < 4.78 is 26.6. The SMILES string of the molecule is Fc1cc(F)cc(CCc2cccc3c2Cc2ccccc2-3)c1. The second-order valence-corrected chi connectivity index (χ2v) is 6.05. The number of fused-ring (bicyclic) bond motifs is 3. The van der Waals surface area contributed by atoms with Gasteiger partial charge < -0.3 is 0 Å². The molecule has 0 saturated carbocycles. The van der Waals surface area contributed by atoms with E-state index in [2.05, 4.69) is 42.5 Å². The highest BCUT2D eigenvalue weighted by Crippen LogP contribution is 2.38. The van der Waals surface area contributed by atoms with E-state index in [9.17, 15) is 8.78 Å². The lowest BCUT2D eigenvalue weighted by Gasteiger charge is -2.09. The van der Waals surface area contributed by atoms with Gasteiger partial charge >= 0.3 is 0 Å². The summed E-state index contributed by atoms with van der Waals surface area (Å²) in [6.07, 6.45) is 2.38. The molecule has 1 aliphatic rings. The van der Waals surface area contributed by atoms with Crippen molar-refractivity contribution in [2.75, 3.05) is 0 Å². The van der Waals surface area contributed by atoms with Crippen molar-refractivity contribution >= 4 is 0 Å². The van der Waals surface area contributed by atoms with Gasteiger partial charge in [-0.05, 0) is 64.8 Å². The molecule has 3 aromatic carbocycles. The van der Waals surface area contributed by atoms with Crippen LogP contribution in [0.1, 0.15) is 22.3 Å². The van der Waals surface area contributed by atoms with Crippen LogP contribution >= 0.6 is 0 Å². The Morgan fingerprint density at radius 1 is 0.739 bits per heavy atom. The van der Waals surface area contributed by atoms with Crippen LogP contribution in [0.5, 0.6) is 0 Å². The van der Waals surface area contributed by atoms with Crippen molar-refractivity contribution < 1.29 is 8.78 Å². The van der Waals surface area contributed by atoms with E-state index in [0.717, 1.165) is 18.9 Å². The van der Waals surface area contributed by atoms with Crippen LogP contribution in [0.2, 0.25) is 0 Å². The molecule has 0 nitrogen and oxygen atoms in total. The predicted molar refractivity (Wildman–Crippen MR) is 88.5 cm³/mol. The first-order chi connectivity index (χ1) is 11.2. The molecule has 0 spiro atoms. The molecule has 114 valence electrons. The van der Waals surface area contributed by atoms with Gasteiger partial charge in [-0.2, -0.15) is 0 Å². The number of benzene rings is 3. The monoisotopic (exact) mass is 306 g/mol. The Morgan fingerprint density at radius 3 is 2.30 bits per heavy atom. The largest absolute Gasteiger partial charge is 0.207 e. The normalized spacial score (nSPS) is 12.1. The Kier molecular flexibility index (Phi) is 3.45. The molecule has 23 heavy (non-hydrogen) atoms. The smallest absolute Gasteiger partial charge is 0.126 e. The lowest BCUT2D eigenvalue weighted by atomic mass is 9.96. The summed E-state index contributed by atoms with van der Waals surface area (Å²) >= 11 is 0. The lowest BCUT2D eigenvalue weighted by molar-refractivity contribution is 0.579. The van der Waals surface area contributed by atoms with E-state index in [0.29, 0.717) is 12.0 Å². The van der Waals surface area contributed by atoms with Crippen LogP contribution < -0.4 is 0 Å². The van der Waals surface area contributed by atoms with Crippen LogP contribution in [0.4, 0.5) is 8.78 Å². The van der Waals surface area contributed by atoms with Gasteiger partial charge in [0.25, 0.3) is 0 Å². The molecule has 0 amide bonds. The van der Waals surface area contributed by atoms with Gasteiger partial charge in [-0.25, -0.2) is 8.78 Å². The highest BCUT2D eigenvalue weighted by molar-refractivity contribution is 5.77. The average molecular weight is 306 g/mol. The topological polar surface area (TPSA) is 0 Å². The Hall–Kier alpha value is -2.48. The summed E-state index contributed by atoms with van der Waals surface area (Å²) in [5.74, 6) is -1.02. The fourth-order valence-corrected chi connectivity index (χ4v) is 3.49. The van der Waals surface area contributed by atoms with Crippen molar-refractivity contribution in [2.24, 2.45) is 0 Å².